The van der Waals surface area contributed by atoms with Crippen LogP contribution in [-0.2, 0) is 0 Å². The number of amides is 1. The Morgan fingerprint density at radius 3 is 3.04 bits per heavy atom. The van der Waals surface area contributed by atoms with E-state index in [-0.39, 0.29) is 22.5 Å². The number of benzene rings is 1. The van der Waals surface area contributed by atoms with Crippen molar-refractivity contribution in [2.45, 2.75) is 19.4 Å². The molecule has 1 unspecified atom stereocenters. The normalized spacial score (nSPS) is 17.0. The number of nitrogens with zero attached hydrogens (tertiary/aromatic N) is 6. The van der Waals surface area contributed by atoms with Crippen molar-refractivity contribution < 1.29 is 13.7 Å². The van der Waals surface area contributed by atoms with Crippen LogP contribution in [0.25, 0.3) is 11.6 Å². The average Bonchev–Trinajstić information content (AvgIpc) is 3.35. The molecule has 0 saturated carbocycles. The Bertz CT molecular complexity index is 971. The third-order valence-electron chi connectivity index (χ3n) is 4.24. The molecule has 134 valence electrons. The predicted molar refractivity (Wildman–Crippen MR) is 89.0 cm³/mol. The maximum absolute atomic E-state index is 13.4. The van der Waals surface area contributed by atoms with Crippen molar-refractivity contribution in [1.82, 2.24) is 30.0 Å². The first-order valence-corrected chi connectivity index (χ1v) is 8.36. The molecular formula is C16H14ClFN6O2. The van der Waals surface area contributed by atoms with Gasteiger partial charge in [-0.15, -0.1) is 5.10 Å². The molecule has 1 aromatic carbocycles. The monoisotopic (exact) mass is 376 g/mol. The van der Waals surface area contributed by atoms with E-state index in [2.05, 4.69) is 20.5 Å². The van der Waals surface area contributed by atoms with Gasteiger partial charge in [-0.25, -0.2) is 9.07 Å². The van der Waals surface area contributed by atoms with Gasteiger partial charge in [0, 0.05) is 13.1 Å². The number of hydrogen-bond donors (Lipinski definition) is 0. The Kier molecular flexibility index (Phi) is 4.15. The molecule has 1 atom stereocenters. The van der Waals surface area contributed by atoms with Gasteiger partial charge in [0.25, 0.3) is 11.8 Å². The molecule has 0 bridgehead atoms. The molecule has 1 saturated heterocycles. The number of hydrogen-bond acceptors (Lipinski definition) is 6. The molecule has 0 aliphatic carbocycles. The van der Waals surface area contributed by atoms with Gasteiger partial charge in [-0.2, -0.15) is 4.98 Å². The Labute approximate surface area is 152 Å². The smallest absolute Gasteiger partial charge is 0.280 e. The summed E-state index contributed by atoms with van der Waals surface area (Å²) in [5, 5.41) is 12.1. The molecule has 10 heteroatoms. The largest absolute Gasteiger partial charge is 0.336 e. The van der Waals surface area contributed by atoms with Crippen molar-refractivity contribution in [2.75, 3.05) is 13.1 Å². The zero-order valence-corrected chi connectivity index (χ0v) is 14.5. The lowest BCUT2D eigenvalue weighted by Gasteiger charge is -2.17. The molecule has 0 N–H and O–H groups in total. The van der Waals surface area contributed by atoms with E-state index in [1.807, 2.05) is 0 Å². The minimum Gasteiger partial charge on any atom is -0.336 e. The van der Waals surface area contributed by atoms with Crippen LogP contribution in [-0.4, -0.2) is 49.0 Å². The first kappa shape index (κ1) is 16.6. The highest BCUT2D eigenvalue weighted by Crippen LogP contribution is 2.26. The van der Waals surface area contributed by atoms with Crippen LogP contribution in [0, 0.1) is 12.7 Å². The molecule has 1 amide bonds. The second kappa shape index (κ2) is 6.49. The highest BCUT2D eigenvalue weighted by atomic mass is 35.5. The molecule has 8 nitrogen and oxygen atoms in total. The van der Waals surface area contributed by atoms with E-state index >= 15 is 0 Å². The van der Waals surface area contributed by atoms with Gasteiger partial charge in [-0.05, 0) is 31.5 Å². The summed E-state index contributed by atoms with van der Waals surface area (Å²) in [6, 6.07) is 3.72. The van der Waals surface area contributed by atoms with Crippen LogP contribution in [0.3, 0.4) is 0 Å². The van der Waals surface area contributed by atoms with Gasteiger partial charge in [0.1, 0.15) is 5.82 Å². The van der Waals surface area contributed by atoms with Crippen LogP contribution in [0.1, 0.15) is 28.6 Å². The van der Waals surface area contributed by atoms with E-state index in [0.717, 1.165) is 6.07 Å². The molecule has 3 aromatic rings. The summed E-state index contributed by atoms with van der Waals surface area (Å²) in [6.45, 7) is 2.66. The van der Waals surface area contributed by atoms with Gasteiger partial charge in [-0.3, -0.25) is 4.79 Å². The summed E-state index contributed by atoms with van der Waals surface area (Å²) in [4.78, 5) is 18.4. The minimum absolute atomic E-state index is 0.0449. The molecule has 1 fully saturated rings. The van der Waals surface area contributed by atoms with Gasteiger partial charge in [0.15, 0.2) is 11.5 Å². The summed E-state index contributed by atoms with van der Waals surface area (Å²) < 4.78 is 20.2. The van der Waals surface area contributed by atoms with Gasteiger partial charge < -0.3 is 9.42 Å². The SMILES string of the molecule is Cc1noc(-c2cn(C3CCN(C(=O)c4cc(F)ccc4Cl)C3)nn2)n1. The summed E-state index contributed by atoms with van der Waals surface area (Å²) >= 11 is 6.03. The average molecular weight is 377 g/mol. The second-order valence-electron chi connectivity index (χ2n) is 6.05. The lowest BCUT2D eigenvalue weighted by molar-refractivity contribution is 0.0786. The number of aromatic nitrogens is 5. The van der Waals surface area contributed by atoms with E-state index in [4.69, 9.17) is 16.1 Å². The molecule has 4 rings (SSSR count). The van der Waals surface area contributed by atoms with Crippen LogP contribution in [0.2, 0.25) is 5.02 Å². The quantitative estimate of drug-likeness (QED) is 0.697. The summed E-state index contributed by atoms with van der Waals surface area (Å²) in [6.07, 6.45) is 2.41. The third-order valence-corrected chi connectivity index (χ3v) is 4.57. The summed E-state index contributed by atoms with van der Waals surface area (Å²) in [5.74, 6) is 0.0134. The van der Waals surface area contributed by atoms with Gasteiger partial charge in [0.05, 0.1) is 22.8 Å². The fourth-order valence-corrected chi connectivity index (χ4v) is 3.13. The minimum atomic E-state index is -0.496. The van der Waals surface area contributed by atoms with Crippen molar-refractivity contribution in [2.24, 2.45) is 0 Å². The van der Waals surface area contributed by atoms with E-state index in [1.54, 1.807) is 22.7 Å². The third kappa shape index (κ3) is 3.05. The molecule has 1 aliphatic rings. The molecule has 2 aromatic heterocycles. The Hall–Kier alpha value is -2.81. The van der Waals surface area contributed by atoms with Crippen molar-refractivity contribution in [3.05, 3.63) is 46.6 Å². The summed E-state index contributed by atoms with van der Waals surface area (Å²) in [7, 11) is 0. The number of halogens is 2. The molecular weight excluding hydrogens is 363 g/mol. The lowest BCUT2D eigenvalue weighted by Crippen LogP contribution is -2.29. The molecule has 0 radical (unpaired) electrons. The standard InChI is InChI=1S/C16H14ClFN6O2/c1-9-19-15(26-21-9)14-8-24(22-20-14)11-4-5-23(7-11)16(25)12-6-10(18)2-3-13(12)17/h2-3,6,8,11H,4-5,7H2,1H3. The van der Waals surface area contributed by atoms with Gasteiger partial charge in [0.2, 0.25) is 0 Å². The Morgan fingerprint density at radius 1 is 1.42 bits per heavy atom. The number of carbonyl (C=O) groups excluding carboxylic acids is 1. The van der Waals surface area contributed by atoms with Crippen LogP contribution in [0.15, 0.2) is 28.9 Å². The highest BCUT2D eigenvalue weighted by Gasteiger charge is 2.30. The van der Waals surface area contributed by atoms with E-state index in [0.29, 0.717) is 36.9 Å². The van der Waals surface area contributed by atoms with Crippen molar-refractivity contribution >= 4 is 17.5 Å². The van der Waals surface area contributed by atoms with Gasteiger partial charge >= 0.3 is 0 Å². The van der Waals surface area contributed by atoms with Crippen molar-refractivity contribution in [3.8, 4) is 11.6 Å². The molecule has 1 aliphatic heterocycles. The number of likely N-dealkylation sites (tertiary alicyclic amines) is 1. The van der Waals surface area contributed by atoms with Crippen molar-refractivity contribution in [3.63, 3.8) is 0 Å². The van der Waals surface area contributed by atoms with Crippen LogP contribution in [0.5, 0.6) is 0 Å². The number of carbonyl (C=O) groups is 1. The predicted octanol–water partition coefficient (Wildman–Crippen LogP) is 2.52. The fraction of sp³-hybridized carbons (Fsp3) is 0.312. The number of aryl methyl sites for hydroxylation is 1. The topological polar surface area (TPSA) is 89.9 Å². The lowest BCUT2D eigenvalue weighted by atomic mass is 10.2. The first-order chi connectivity index (χ1) is 12.5. The van der Waals surface area contributed by atoms with E-state index < -0.39 is 5.82 Å². The number of rotatable bonds is 3. The zero-order chi connectivity index (χ0) is 18.3. The Morgan fingerprint density at radius 2 is 2.27 bits per heavy atom. The van der Waals surface area contributed by atoms with Crippen LogP contribution < -0.4 is 0 Å². The van der Waals surface area contributed by atoms with Crippen molar-refractivity contribution in [1.29, 1.82) is 0 Å². The molecule has 3 heterocycles. The molecule has 26 heavy (non-hydrogen) atoms. The van der Waals surface area contributed by atoms with Crippen LogP contribution >= 0.6 is 11.6 Å². The van der Waals surface area contributed by atoms with Gasteiger partial charge in [-0.1, -0.05) is 22.0 Å². The highest BCUT2D eigenvalue weighted by molar-refractivity contribution is 6.33. The Balaban J connectivity index is 1.49. The zero-order valence-electron chi connectivity index (χ0n) is 13.8. The van der Waals surface area contributed by atoms with E-state index in [9.17, 15) is 9.18 Å². The molecule has 0 spiro atoms. The fourth-order valence-electron chi connectivity index (χ4n) is 2.93. The van der Waals surface area contributed by atoms with Crippen LogP contribution in [0.4, 0.5) is 4.39 Å². The summed E-state index contributed by atoms with van der Waals surface area (Å²) in [5.41, 5.74) is 0.636. The van der Waals surface area contributed by atoms with E-state index in [1.165, 1.54) is 12.1 Å². The maximum atomic E-state index is 13.4. The second-order valence-corrected chi connectivity index (χ2v) is 6.46. The maximum Gasteiger partial charge on any atom is 0.280 e. The first-order valence-electron chi connectivity index (χ1n) is 7.98.